The molecular formula is C26H17F8N3. The molecule has 0 saturated heterocycles. The van der Waals surface area contributed by atoms with Crippen molar-refractivity contribution in [3.63, 3.8) is 0 Å². The van der Waals surface area contributed by atoms with Crippen LogP contribution in [0.15, 0.2) is 12.2 Å². The molecule has 0 N–H and O–H groups in total. The fourth-order valence-electron chi connectivity index (χ4n) is 3.78. The molecule has 0 aliphatic carbocycles. The Kier molecular flexibility index (Phi) is 8.85. The van der Waals surface area contributed by atoms with Gasteiger partial charge < -0.3 is 0 Å². The third-order valence-corrected chi connectivity index (χ3v) is 5.56. The van der Waals surface area contributed by atoms with E-state index in [9.17, 15) is 22.8 Å². The molecule has 0 bridgehead atoms. The summed E-state index contributed by atoms with van der Waals surface area (Å²) in [5.41, 5.74) is -7.16. The topological polar surface area (TPSA) is 71.4 Å². The summed E-state index contributed by atoms with van der Waals surface area (Å²) in [5, 5.41) is 27.2. The summed E-state index contributed by atoms with van der Waals surface area (Å²) in [7, 11) is 0. The summed E-state index contributed by atoms with van der Waals surface area (Å²) < 4.78 is 120. The van der Waals surface area contributed by atoms with Gasteiger partial charge in [-0.15, -0.1) is 0 Å². The molecule has 0 amide bonds. The Morgan fingerprint density at radius 2 is 0.811 bits per heavy atom. The predicted molar refractivity (Wildman–Crippen MR) is 117 cm³/mol. The lowest BCUT2D eigenvalue weighted by Crippen LogP contribution is -2.18. The molecule has 37 heavy (non-hydrogen) atoms. The van der Waals surface area contributed by atoms with Crippen molar-refractivity contribution in [1.29, 1.82) is 15.8 Å². The Hall–Kier alpha value is -4.17. The summed E-state index contributed by atoms with van der Waals surface area (Å²) in [4.78, 5) is 0. The number of rotatable bonds is 6. The quantitative estimate of drug-likeness (QED) is 0.223. The molecule has 0 aromatic heterocycles. The normalized spacial score (nSPS) is 12.9. The van der Waals surface area contributed by atoms with Crippen LogP contribution in [-0.4, -0.2) is 0 Å². The molecule has 3 nitrogen and oxygen atoms in total. The summed E-state index contributed by atoms with van der Waals surface area (Å²) in [6, 6.07) is 3.99. The van der Waals surface area contributed by atoms with E-state index in [1.165, 1.54) is 39.8 Å². The second-order valence-electron chi connectivity index (χ2n) is 8.42. The number of allylic oxidation sites excluding steroid dienone is 4. The molecule has 2 aromatic carbocycles. The Morgan fingerprint density at radius 1 is 0.541 bits per heavy atom. The Morgan fingerprint density at radius 3 is 1.00 bits per heavy atom. The van der Waals surface area contributed by atoms with E-state index in [2.05, 4.69) is 0 Å². The Labute approximate surface area is 207 Å². The number of nitrogens with zero attached hydrogens (tertiary/aromatic N) is 3. The lowest BCUT2D eigenvalue weighted by atomic mass is 9.85. The van der Waals surface area contributed by atoms with Crippen LogP contribution in [0.3, 0.4) is 0 Å². The fourth-order valence-corrected chi connectivity index (χ4v) is 3.78. The number of halogens is 8. The highest BCUT2D eigenvalue weighted by molar-refractivity contribution is 5.72. The van der Waals surface area contributed by atoms with Gasteiger partial charge in [-0.2, -0.15) is 15.8 Å². The van der Waals surface area contributed by atoms with Crippen molar-refractivity contribution >= 4 is 11.1 Å². The minimum Gasteiger partial charge on any atom is -0.203 e. The van der Waals surface area contributed by atoms with Crippen molar-refractivity contribution < 1.29 is 35.1 Å². The third-order valence-electron chi connectivity index (χ3n) is 5.56. The Balaban J connectivity index is 2.99. The van der Waals surface area contributed by atoms with Crippen LogP contribution in [0.4, 0.5) is 35.1 Å². The van der Waals surface area contributed by atoms with Crippen LogP contribution in [0.5, 0.6) is 0 Å². The first-order valence-corrected chi connectivity index (χ1v) is 10.6. The maximum atomic E-state index is 15.0. The van der Waals surface area contributed by atoms with Gasteiger partial charge in [0.2, 0.25) is 0 Å². The van der Waals surface area contributed by atoms with E-state index in [0.717, 1.165) is 6.07 Å². The van der Waals surface area contributed by atoms with Crippen LogP contribution >= 0.6 is 0 Å². The average molecular weight is 523 g/mol. The molecule has 2 rings (SSSR count). The molecular weight excluding hydrogens is 506 g/mol. The summed E-state index contributed by atoms with van der Waals surface area (Å²) >= 11 is 0. The number of nitriles is 3. The van der Waals surface area contributed by atoms with Crippen LogP contribution in [0.2, 0.25) is 0 Å². The molecule has 0 aliphatic heterocycles. The molecule has 0 heterocycles. The number of benzene rings is 2. The van der Waals surface area contributed by atoms with Crippen LogP contribution in [0.1, 0.15) is 55.9 Å². The first-order valence-electron chi connectivity index (χ1n) is 10.6. The lowest BCUT2D eigenvalue weighted by Gasteiger charge is -2.21. The van der Waals surface area contributed by atoms with Gasteiger partial charge in [-0.05, 0) is 23.0 Å². The molecule has 0 fully saturated rings. The van der Waals surface area contributed by atoms with Gasteiger partial charge in [-0.25, -0.2) is 35.1 Å². The van der Waals surface area contributed by atoms with Crippen molar-refractivity contribution in [2.45, 2.75) is 33.6 Å². The maximum Gasteiger partial charge on any atom is 0.169 e. The van der Waals surface area contributed by atoms with Crippen molar-refractivity contribution in [2.75, 3.05) is 0 Å². The molecule has 0 saturated carbocycles. The van der Waals surface area contributed by atoms with E-state index in [1.54, 1.807) is 0 Å². The first-order chi connectivity index (χ1) is 17.3. The minimum atomic E-state index is -2.87. The van der Waals surface area contributed by atoms with Gasteiger partial charge in [0.25, 0.3) is 0 Å². The zero-order chi connectivity index (χ0) is 28.4. The summed E-state index contributed by atoms with van der Waals surface area (Å²) in [6.07, 6.45) is 1.27. The molecule has 0 atom stereocenters. The van der Waals surface area contributed by atoms with Crippen molar-refractivity contribution in [2.24, 2.45) is 11.8 Å². The zero-order valence-corrected chi connectivity index (χ0v) is 19.8. The van der Waals surface area contributed by atoms with Gasteiger partial charge in [0.1, 0.15) is 5.92 Å². The highest BCUT2D eigenvalue weighted by Gasteiger charge is 2.38. The van der Waals surface area contributed by atoms with Gasteiger partial charge in [0.05, 0.1) is 40.5 Å². The van der Waals surface area contributed by atoms with Gasteiger partial charge in [0, 0.05) is 12.2 Å². The van der Waals surface area contributed by atoms with Crippen LogP contribution in [0.25, 0.3) is 11.1 Å². The molecule has 11 heteroatoms. The van der Waals surface area contributed by atoms with Gasteiger partial charge in [-0.3, -0.25) is 0 Å². The second kappa shape index (κ2) is 11.3. The summed E-state index contributed by atoms with van der Waals surface area (Å²) in [6.45, 7) is 5.42. The monoisotopic (exact) mass is 523 g/mol. The predicted octanol–water partition coefficient (Wildman–Crippen LogP) is 7.58. The zero-order valence-electron chi connectivity index (χ0n) is 19.8. The van der Waals surface area contributed by atoms with E-state index in [0.29, 0.717) is 12.2 Å². The second-order valence-corrected chi connectivity index (χ2v) is 8.42. The van der Waals surface area contributed by atoms with Crippen molar-refractivity contribution in [1.82, 2.24) is 0 Å². The van der Waals surface area contributed by atoms with E-state index in [4.69, 9.17) is 10.5 Å². The van der Waals surface area contributed by atoms with Crippen molar-refractivity contribution in [3.05, 3.63) is 80.9 Å². The molecule has 0 radical (unpaired) electrons. The SMILES string of the molecule is CC(C)C(=CC#N)c1c(F)c(F)c(C(C#N)c2c(F)c(F)c(C(=CC#N)C(C)C)c(F)c2F)c(F)c1F. The standard InChI is InChI=1S/C26H17F8N3/c1-10(2)12(5-7-35)15-19(27)23(31)17(24(32)20(15)28)14(9-37)18-25(33)21(29)16(22(30)26(18)34)13(6-8-36)11(3)4/h5-6,10-11,14H,1-4H3. The van der Waals surface area contributed by atoms with Gasteiger partial charge >= 0.3 is 0 Å². The van der Waals surface area contributed by atoms with Crippen molar-refractivity contribution in [3.8, 4) is 18.2 Å². The Bertz CT molecular complexity index is 1290. The number of hydrogen-bond acceptors (Lipinski definition) is 3. The third kappa shape index (κ3) is 4.93. The summed E-state index contributed by atoms with van der Waals surface area (Å²) in [5.74, 6) is -21.8. The fraction of sp³-hybridized carbons (Fsp3) is 0.269. The van der Waals surface area contributed by atoms with Gasteiger partial charge in [0.15, 0.2) is 46.5 Å². The van der Waals surface area contributed by atoms with E-state index in [-0.39, 0.29) is 0 Å². The molecule has 2 aromatic rings. The highest BCUT2D eigenvalue weighted by atomic mass is 19.2. The maximum absolute atomic E-state index is 15.0. The largest absolute Gasteiger partial charge is 0.203 e. The minimum absolute atomic E-state index is 0.459. The first kappa shape index (κ1) is 29.1. The molecule has 192 valence electrons. The molecule has 0 unspecified atom stereocenters. The van der Waals surface area contributed by atoms with Gasteiger partial charge in [-0.1, -0.05) is 27.7 Å². The number of hydrogen-bond donors (Lipinski definition) is 0. The lowest BCUT2D eigenvalue weighted by molar-refractivity contribution is 0.417. The van der Waals surface area contributed by atoms with Crippen LogP contribution in [-0.2, 0) is 0 Å². The smallest absolute Gasteiger partial charge is 0.169 e. The molecule has 0 spiro atoms. The average Bonchev–Trinajstić information content (AvgIpc) is 2.84. The van der Waals surface area contributed by atoms with E-state index >= 15 is 17.6 Å². The van der Waals surface area contributed by atoms with E-state index in [1.807, 2.05) is 0 Å². The van der Waals surface area contributed by atoms with E-state index < -0.39 is 97.7 Å². The molecule has 0 aliphatic rings. The van der Waals surface area contributed by atoms with Crippen LogP contribution in [0, 0.1) is 92.4 Å². The van der Waals surface area contributed by atoms with Crippen LogP contribution < -0.4 is 0 Å². The highest BCUT2D eigenvalue weighted by Crippen LogP contribution is 2.41.